The zero-order valence-corrected chi connectivity index (χ0v) is 6.98. The third kappa shape index (κ3) is 1.02. The fraction of sp³-hybridized carbons (Fsp3) is 0. The van der Waals surface area contributed by atoms with E-state index in [2.05, 4.69) is 9.97 Å². The van der Waals surface area contributed by atoms with E-state index >= 15 is 0 Å². The minimum absolute atomic E-state index is 0.274. The molecule has 0 aliphatic heterocycles. The number of rotatable bonds is 0. The van der Waals surface area contributed by atoms with Crippen LogP contribution in [0.1, 0.15) is 5.56 Å². The van der Waals surface area contributed by atoms with Crippen molar-refractivity contribution >= 4 is 10.9 Å². The second-order valence-corrected chi connectivity index (χ2v) is 2.71. The van der Waals surface area contributed by atoms with Gasteiger partial charge in [0.2, 0.25) is 0 Å². The van der Waals surface area contributed by atoms with Crippen LogP contribution >= 0.6 is 0 Å². The maximum absolute atomic E-state index is 11.2. The molecule has 2 rings (SSSR count). The number of nitriles is 1. The van der Waals surface area contributed by atoms with Crippen LogP contribution in [-0.4, -0.2) is 15.1 Å². The van der Waals surface area contributed by atoms with E-state index in [0.717, 1.165) is 0 Å². The van der Waals surface area contributed by atoms with Crippen LogP contribution in [0, 0.1) is 11.3 Å². The van der Waals surface area contributed by atoms with E-state index in [1.54, 1.807) is 6.07 Å². The lowest BCUT2D eigenvalue weighted by Gasteiger charge is -2.00. The summed E-state index contributed by atoms with van der Waals surface area (Å²) < 4.78 is 0. The molecule has 2 aromatic heterocycles. The summed E-state index contributed by atoms with van der Waals surface area (Å²) in [7, 11) is 0. The summed E-state index contributed by atoms with van der Waals surface area (Å²) in [5.74, 6) is -0.298. The van der Waals surface area contributed by atoms with Crippen molar-refractivity contribution in [1.29, 1.82) is 5.26 Å². The van der Waals surface area contributed by atoms with E-state index in [1.807, 2.05) is 0 Å². The Morgan fingerprint density at radius 1 is 1.57 bits per heavy atom. The summed E-state index contributed by atoms with van der Waals surface area (Å²) in [6.45, 7) is 0. The van der Waals surface area contributed by atoms with Gasteiger partial charge in [0.05, 0.1) is 11.7 Å². The van der Waals surface area contributed by atoms with Crippen LogP contribution < -0.4 is 5.56 Å². The quantitative estimate of drug-likeness (QED) is 0.628. The predicted octanol–water partition coefficient (Wildman–Crippen LogP) is 0.500. The number of aromatic nitrogens is 2. The van der Waals surface area contributed by atoms with Crippen molar-refractivity contribution in [2.45, 2.75) is 0 Å². The first kappa shape index (κ1) is 8.26. The summed E-state index contributed by atoms with van der Waals surface area (Å²) in [6.07, 6.45) is 2.89. The fourth-order valence-electron chi connectivity index (χ4n) is 1.23. The van der Waals surface area contributed by atoms with Crippen LogP contribution in [0.25, 0.3) is 10.9 Å². The first-order chi connectivity index (χ1) is 6.74. The Bertz CT molecular complexity index is 595. The summed E-state index contributed by atoms with van der Waals surface area (Å²) in [5.41, 5.74) is -0.469. The molecule has 0 saturated heterocycles. The van der Waals surface area contributed by atoms with E-state index in [4.69, 9.17) is 5.26 Å². The molecule has 2 heterocycles. The van der Waals surface area contributed by atoms with E-state index in [-0.39, 0.29) is 11.3 Å². The third-order valence-corrected chi connectivity index (χ3v) is 1.90. The Hall–Kier alpha value is -2.35. The summed E-state index contributed by atoms with van der Waals surface area (Å²) in [4.78, 5) is 17.5. The molecule has 0 amide bonds. The van der Waals surface area contributed by atoms with Gasteiger partial charge in [-0.25, -0.2) is 0 Å². The third-order valence-electron chi connectivity index (χ3n) is 1.90. The Morgan fingerprint density at radius 3 is 3.07 bits per heavy atom. The van der Waals surface area contributed by atoms with Crippen molar-refractivity contribution in [2.75, 3.05) is 0 Å². The first-order valence-corrected chi connectivity index (χ1v) is 3.83. The van der Waals surface area contributed by atoms with Gasteiger partial charge in [0, 0.05) is 11.6 Å². The van der Waals surface area contributed by atoms with E-state index < -0.39 is 5.56 Å². The van der Waals surface area contributed by atoms with Crippen LogP contribution in [0.15, 0.2) is 23.3 Å². The van der Waals surface area contributed by atoms with Gasteiger partial charge < -0.3 is 10.1 Å². The van der Waals surface area contributed by atoms with Gasteiger partial charge in [-0.3, -0.25) is 9.78 Å². The monoisotopic (exact) mass is 187 g/mol. The second kappa shape index (κ2) is 2.85. The van der Waals surface area contributed by atoms with Crippen molar-refractivity contribution in [3.05, 3.63) is 34.4 Å². The molecule has 14 heavy (non-hydrogen) atoms. The maximum atomic E-state index is 11.2. The zero-order valence-electron chi connectivity index (χ0n) is 6.98. The van der Waals surface area contributed by atoms with Gasteiger partial charge in [-0.15, -0.1) is 0 Å². The Balaban J connectivity index is 3.02. The highest BCUT2D eigenvalue weighted by Gasteiger charge is 2.10. The predicted molar refractivity (Wildman–Crippen MR) is 48.7 cm³/mol. The smallest absolute Gasteiger partial charge is 0.270 e. The fourth-order valence-corrected chi connectivity index (χ4v) is 1.23. The van der Waals surface area contributed by atoms with Crippen molar-refractivity contribution in [1.82, 2.24) is 9.97 Å². The molecule has 0 saturated carbocycles. The Morgan fingerprint density at radius 2 is 2.36 bits per heavy atom. The molecule has 0 fully saturated rings. The zero-order chi connectivity index (χ0) is 10.1. The molecule has 5 nitrogen and oxygen atoms in total. The first-order valence-electron chi connectivity index (χ1n) is 3.83. The molecule has 0 radical (unpaired) electrons. The lowest BCUT2D eigenvalue weighted by atomic mass is 10.2. The molecule has 68 valence electrons. The number of H-pyrrole nitrogens is 1. The molecular formula is C9H5N3O2. The highest BCUT2D eigenvalue weighted by atomic mass is 16.3. The van der Waals surface area contributed by atoms with Gasteiger partial charge in [-0.1, -0.05) is 0 Å². The molecule has 0 aromatic carbocycles. The van der Waals surface area contributed by atoms with Crippen LogP contribution in [0.3, 0.4) is 0 Å². The number of nitrogens with one attached hydrogen (secondary N) is 1. The summed E-state index contributed by atoms with van der Waals surface area (Å²) >= 11 is 0. The molecule has 0 unspecified atom stereocenters. The van der Waals surface area contributed by atoms with Crippen LogP contribution in [-0.2, 0) is 0 Å². The number of fused-ring (bicyclic) bond motifs is 1. The molecule has 0 atom stereocenters. The van der Waals surface area contributed by atoms with Crippen LogP contribution in [0.4, 0.5) is 0 Å². The van der Waals surface area contributed by atoms with Gasteiger partial charge in [-0.2, -0.15) is 5.26 Å². The number of nitrogens with zero attached hydrogens (tertiary/aromatic N) is 2. The molecule has 2 N–H and O–H groups in total. The number of aromatic amines is 1. The molecule has 5 heteroatoms. The minimum Gasteiger partial charge on any atom is -0.506 e. The van der Waals surface area contributed by atoms with Crippen molar-refractivity contribution in [2.24, 2.45) is 0 Å². The highest BCUT2D eigenvalue weighted by Crippen LogP contribution is 2.22. The van der Waals surface area contributed by atoms with E-state index in [1.165, 1.54) is 18.5 Å². The molecule has 0 aliphatic carbocycles. The van der Waals surface area contributed by atoms with Gasteiger partial charge in [0.15, 0.2) is 5.56 Å². The van der Waals surface area contributed by atoms with Crippen molar-refractivity contribution < 1.29 is 5.11 Å². The van der Waals surface area contributed by atoms with Gasteiger partial charge in [0.25, 0.3) is 5.56 Å². The number of hydrogen-bond acceptors (Lipinski definition) is 4. The summed E-state index contributed by atoms with van der Waals surface area (Å²) in [6, 6.07) is 3.17. The topological polar surface area (TPSA) is 89.8 Å². The Kier molecular flexibility index (Phi) is 1.68. The maximum Gasteiger partial charge on any atom is 0.270 e. The summed E-state index contributed by atoms with van der Waals surface area (Å²) in [5, 5.41) is 18.6. The second-order valence-electron chi connectivity index (χ2n) is 2.71. The minimum atomic E-state index is -0.606. The molecule has 0 bridgehead atoms. The molecule has 0 spiro atoms. The Labute approximate surface area is 78.3 Å². The van der Waals surface area contributed by atoms with E-state index in [9.17, 15) is 9.90 Å². The normalized spacial score (nSPS) is 9.93. The lowest BCUT2D eigenvalue weighted by Crippen LogP contribution is -2.10. The number of hydrogen-bond donors (Lipinski definition) is 2. The highest BCUT2D eigenvalue weighted by molar-refractivity contribution is 5.85. The SMILES string of the molecule is N#Cc1c(O)c2ccncc2[nH]c1=O. The van der Waals surface area contributed by atoms with Crippen molar-refractivity contribution in [3.8, 4) is 11.8 Å². The van der Waals surface area contributed by atoms with Gasteiger partial charge in [0.1, 0.15) is 11.8 Å². The van der Waals surface area contributed by atoms with E-state index in [0.29, 0.717) is 10.9 Å². The average Bonchev–Trinajstić information content (AvgIpc) is 2.18. The van der Waals surface area contributed by atoms with Crippen LogP contribution in [0.2, 0.25) is 0 Å². The van der Waals surface area contributed by atoms with Gasteiger partial charge >= 0.3 is 0 Å². The van der Waals surface area contributed by atoms with Crippen molar-refractivity contribution in [3.63, 3.8) is 0 Å². The van der Waals surface area contributed by atoms with Crippen LogP contribution in [0.5, 0.6) is 5.75 Å². The molecular weight excluding hydrogens is 182 g/mol. The number of pyridine rings is 2. The van der Waals surface area contributed by atoms with Gasteiger partial charge in [-0.05, 0) is 6.07 Å². The standard InChI is InChI=1S/C9H5N3O2/c10-3-6-8(13)5-1-2-11-4-7(5)12-9(6)14/h1-2,4H,(H2,12,13,14). The molecule has 2 aromatic rings. The average molecular weight is 187 g/mol. The largest absolute Gasteiger partial charge is 0.506 e. The lowest BCUT2D eigenvalue weighted by molar-refractivity contribution is 0.478. The number of aromatic hydroxyl groups is 1. The molecule has 0 aliphatic rings.